The lowest BCUT2D eigenvalue weighted by atomic mass is 9.88. The van der Waals surface area contributed by atoms with E-state index in [4.69, 9.17) is 0 Å². The summed E-state index contributed by atoms with van der Waals surface area (Å²) in [7, 11) is 0. The summed E-state index contributed by atoms with van der Waals surface area (Å²) in [6.45, 7) is 6.12. The molecule has 0 spiro atoms. The average Bonchev–Trinajstić information content (AvgIpc) is 2.82. The van der Waals surface area contributed by atoms with Crippen molar-refractivity contribution in [2.45, 2.75) is 90.1 Å². The van der Waals surface area contributed by atoms with E-state index in [1.807, 2.05) is 0 Å². The molecule has 1 saturated carbocycles. The van der Waals surface area contributed by atoms with Crippen LogP contribution in [-0.2, 0) is 0 Å². The van der Waals surface area contributed by atoms with Crippen LogP contribution in [0.25, 0.3) is 0 Å². The van der Waals surface area contributed by atoms with Crippen molar-refractivity contribution in [1.82, 2.24) is 4.90 Å². The van der Waals surface area contributed by atoms with Gasteiger partial charge in [0.05, 0.1) is 0 Å². The average molecular weight is 237 g/mol. The molecule has 1 heteroatoms. The van der Waals surface area contributed by atoms with Gasteiger partial charge in [0, 0.05) is 12.1 Å². The zero-order chi connectivity index (χ0) is 12.1. The third kappa shape index (κ3) is 3.71. The number of hydrogen-bond donors (Lipinski definition) is 0. The molecule has 0 aromatic heterocycles. The molecular formula is C16H31N. The van der Waals surface area contributed by atoms with Gasteiger partial charge >= 0.3 is 0 Å². The molecule has 1 saturated heterocycles. The Balaban J connectivity index is 1.92. The van der Waals surface area contributed by atoms with Crippen LogP contribution in [0.5, 0.6) is 0 Å². The Morgan fingerprint density at radius 3 is 1.94 bits per heavy atom. The molecule has 1 nitrogen and oxygen atoms in total. The van der Waals surface area contributed by atoms with Crippen LogP contribution in [0.15, 0.2) is 0 Å². The summed E-state index contributed by atoms with van der Waals surface area (Å²) < 4.78 is 0. The van der Waals surface area contributed by atoms with Gasteiger partial charge in [-0.25, -0.2) is 0 Å². The molecular weight excluding hydrogens is 206 g/mol. The van der Waals surface area contributed by atoms with Crippen LogP contribution in [0.3, 0.4) is 0 Å². The first-order valence-corrected chi connectivity index (χ1v) is 8.05. The first-order valence-electron chi connectivity index (χ1n) is 8.05. The summed E-state index contributed by atoms with van der Waals surface area (Å²) in [5.41, 5.74) is 0. The van der Waals surface area contributed by atoms with Gasteiger partial charge in [0.2, 0.25) is 0 Å². The second-order valence-electron chi connectivity index (χ2n) is 6.50. The number of rotatable bonds is 2. The molecule has 2 rings (SSSR count). The van der Waals surface area contributed by atoms with Gasteiger partial charge in [-0.3, -0.25) is 4.90 Å². The molecule has 1 unspecified atom stereocenters. The van der Waals surface area contributed by atoms with Crippen molar-refractivity contribution < 1.29 is 0 Å². The first-order chi connectivity index (χ1) is 8.29. The molecule has 1 atom stereocenters. The van der Waals surface area contributed by atoms with Crippen molar-refractivity contribution in [2.75, 3.05) is 6.54 Å². The zero-order valence-electron chi connectivity index (χ0n) is 12.0. The highest BCUT2D eigenvalue weighted by Crippen LogP contribution is 2.33. The van der Waals surface area contributed by atoms with Crippen molar-refractivity contribution in [3.05, 3.63) is 0 Å². The van der Waals surface area contributed by atoms with Gasteiger partial charge in [0.15, 0.2) is 0 Å². The lowest BCUT2D eigenvalue weighted by Crippen LogP contribution is -2.40. The van der Waals surface area contributed by atoms with E-state index >= 15 is 0 Å². The monoisotopic (exact) mass is 237 g/mol. The Hall–Kier alpha value is -0.0400. The third-order valence-corrected chi connectivity index (χ3v) is 4.95. The molecule has 1 aliphatic heterocycles. The Morgan fingerprint density at radius 2 is 1.35 bits per heavy atom. The number of nitrogens with zero attached hydrogens (tertiary/aromatic N) is 1. The van der Waals surface area contributed by atoms with Crippen LogP contribution >= 0.6 is 0 Å². The molecule has 0 N–H and O–H groups in total. The van der Waals surface area contributed by atoms with Crippen LogP contribution in [0.2, 0.25) is 0 Å². The molecule has 100 valence electrons. The second kappa shape index (κ2) is 6.78. The Kier molecular flexibility index (Phi) is 5.34. The van der Waals surface area contributed by atoms with Crippen LogP contribution < -0.4 is 0 Å². The van der Waals surface area contributed by atoms with Crippen molar-refractivity contribution in [3.8, 4) is 0 Å². The molecule has 0 bridgehead atoms. The highest BCUT2D eigenvalue weighted by Gasteiger charge is 2.32. The molecule has 0 aromatic rings. The van der Waals surface area contributed by atoms with E-state index in [2.05, 4.69) is 18.7 Å². The first kappa shape index (κ1) is 13.4. The quantitative estimate of drug-likeness (QED) is 0.678. The fourth-order valence-electron chi connectivity index (χ4n) is 4.01. The molecule has 0 aromatic carbocycles. The standard InChI is InChI=1S/C16H31N/c1-14(2)17-13-9-12-16(17)15-10-7-5-3-4-6-8-11-15/h14-16H,3-13H2,1-2H3. The summed E-state index contributed by atoms with van der Waals surface area (Å²) in [4.78, 5) is 2.79. The highest BCUT2D eigenvalue weighted by atomic mass is 15.2. The van der Waals surface area contributed by atoms with Crippen molar-refractivity contribution >= 4 is 0 Å². The van der Waals surface area contributed by atoms with E-state index < -0.39 is 0 Å². The highest BCUT2D eigenvalue weighted by molar-refractivity contribution is 4.87. The van der Waals surface area contributed by atoms with E-state index in [-0.39, 0.29) is 0 Å². The van der Waals surface area contributed by atoms with Crippen molar-refractivity contribution in [2.24, 2.45) is 5.92 Å². The summed E-state index contributed by atoms with van der Waals surface area (Å²) in [5.74, 6) is 1.01. The van der Waals surface area contributed by atoms with E-state index in [1.165, 1.54) is 70.8 Å². The van der Waals surface area contributed by atoms with E-state index in [1.54, 1.807) is 0 Å². The van der Waals surface area contributed by atoms with Crippen molar-refractivity contribution in [3.63, 3.8) is 0 Å². The SMILES string of the molecule is CC(C)N1CCCC1C1CCCCCCCC1. The third-order valence-electron chi connectivity index (χ3n) is 4.95. The second-order valence-corrected chi connectivity index (χ2v) is 6.50. The minimum absolute atomic E-state index is 0.759. The predicted molar refractivity (Wildman–Crippen MR) is 75.3 cm³/mol. The van der Waals surface area contributed by atoms with Crippen molar-refractivity contribution in [1.29, 1.82) is 0 Å². The predicted octanol–water partition coefficient (Wildman–Crippen LogP) is 4.61. The summed E-state index contributed by atoms with van der Waals surface area (Å²) >= 11 is 0. The van der Waals surface area contributed by atoms with Crippen LogP contribution in [0.4, 0.5) is 0 Å². The molecule has 1 heterocycles. The van der Waals surface area contributed by atoms with Gasteiger partial charge in [-0.05, 0) is 52.0 Å². The molecule has 0 radical (unpaired) electrons. The fourth-order valence-corrected chi connectivity index (χ4v) is 4.01. The van der Waals surface area contributed by atoms with Gasteiger partial charge in [0.1, 0.15) is 0 Å². The van der Waals surface area contributed by atoms with Gasteiger partial charge in [-0.2, -0.15) is 0 Å². The van der Waals surface area contributed by atoms with E-state index in [9.17, 15) is 0 Å². The minimum Gasteiger partial charge on any atom is -0.298 e. The summed E-state index contributed by atoms with van der Waals surface area (Å²) in [5, 5.41) is 0. The van der Waals surface area contributed by atoms with Gasteiger partial charge in [-0.15, -0.1) is 0 Å². The van der Waals surface area contributed by atoms with Gasteiger partial charge < -0.3 is 0 Å². The smallest absolute Gasteiger partial charge is 0.0127 e. The maximum atomic E-state index is 2.79. The van der Waals surface area contributed by atoms with E-state index in [0.717, 1.165) is 18.0 Å². The molecule has 2 aliphatic rings. The molecule has 0 amide bonds. The summed E-state index contributed by atoms with van der Waals surface area (Å²) in [6.07, 6.45) is 14.9. The Labute approximate surface area is 108 Å². The number of hydrogen-bond acceptors (Lipinski definition) is 1. The summed E-state index contributed by atoms with van der Waals surface area (Å²) in [6, 6.07) is 1.68. The van der Waals surface area contributed by atoms with E-state index in [0.29, 0.717) is 0 Å². The Morgan fingerprint density at radius 1 is 0.765 bits per heavy atom. The Bertz CT molecular complexity index is 202. The van der Waals surface area contributed by atoms with Crippen LogP contribution in [-0.4, -0.2) is 23.5 Å². The lowest BCUT2D eigenvalue weighted by Gasteiger charge is -2.34. The largest absolute Gasteiger partial charge is 0.298 e. The minimum atomic E-state index is 0.759. The zero-order valence-corrected chi connectivity index (χ0v) is 12.0. The van der Waals surface area contributed by atoms with Crippen LogP contribution in [0, 0.1) is 5.92 Å². The maximum Gasteiger partial charge on any atom is 0.0127 e. The number of likely N-dealkylation sites (tertiary alicyclic amines) is 1. The molecule has 1 aliphatic carbocycles. The molecule has 17 heavy (non-hydrogen) atoms. The van der Waals surface area contributed by atoms with Crippen LogP contribution in [0.1, 0.15) is 78.1 Å². The normalized spacial score (nSPS) is 30.2. The maximum absolute atomic E-state index is 2.79. The topological polar surface area (TPSA) is 3.24 Å². The van der Waals surface area contributed by atoms with Gasteiger partial charge in [0.25, 0.3) is 0 Å². The molecule has 2 fully saturated rings. The lowest BCUT2D eigenvalue weighted by molar-refractivity contribution is 0.138. The van der Waals surface area contributed by atoms with Gasteiger partial charge in [-0.1, -0.05) is 38.5 Å². The fraction of sp³-hybridized carbons (Fsp3) is 1.00.